The highest BCUT2D eigenvalue weighted by molar-refractivity contribution is 5.80. The van der Waals surface area contributed by atoms with E-state index in [9.17, 15) is 42.2 Å². The molecule has 0 fully saturated rings. The SMILES string of the molecule is CC(C)(C)OC(=O)NC(Cc1ccc(O)cc1)/C(O)=C(\C#N)c1c(F)c(F)c(F)c(F)c1F. The summed E-state index contributed by atoms with van der Waals surface area (Å²) < 4.78 is 74.3. The van der Waals surface area contributed by atoms with Crippen molar-refractivity contribution in [2.24, 2.45) is 0 Å². The minimum Gasteiger partial charge on any atom is -0.509 e. The molecule has 176 valence electrons. The number of carbonyl (C=O) groups excluding carboxylic acids is 1. The number of nitriles is 1. The van der Waals surface area contributed by atoms with Crippen LogP contribution in [0.3, 0.4) is 0 Å². The quantitative estimate of drug-likeness (QED) is 0.187. The van der Waals surface area contributed by atoms with E-state index >= 15 is 0 Å². The van der Waals surface area contributed by atoms with Crippen LogP contribution in [-0.4, -0.2) is 27.9 Å². The normalized spacial score (nSPS) is 13.1. The van der Waals surface area contributed by atoms with Crippen molar-refractivity contribution < 1.29 is 41.7 Å². The lowest BCUT2D eigenvalue weighted by molar-refractivity contribution is 0.0501. The topological polar surface area (TPSA) is 103 Å². The summed E-state index contributed by atoms with van der Waals surface area (Å²) in [5.41, 5.74) is -3.53. The summed E-state index contributed by atoms with van der Waals surface area (Å²) in [4.78, 5) is 12.2. The van der Waals surface area contributed by atoms with Crippen LogP contribution in [0.25, 0.3) is 5.57 Å². The molecule has 2 aromatic carbocycles. The number of phenols is 1. The van der Waals surface area contributed by atoms with Crippen molar-refractivity contribution in [3.63, 3.8) is 0 Å². The fraction of sp³-hybridized carbons (Fsp3) is 0.273. The lowest BCUT2D eigenvalue weighted by Gasteiger charge is -2.24. The molecule has 0 heterocycles. The summed E-state index contributed by atoms with van der Waals surface area (Å²) in [6.07, 6.45) is -1.39. The van der Waals surface area contributed by atoms with E-state index in [4.69, 9.17) is 4.74 Å². The molecular formula is C22H19F5N2O4. The van der Waals surface area contributed by atoms with Gasteiger partial charge in [-0.15, -0.1) is 0 Å². The van der Waals surface area contributed by atoms with Crippen molar-refractivity contribution in [2.75, 3.05) is 0 Å². The predicted octanol–water partition coefficient (Wildman–Crippen LogP) is 5.02. The highest BCUT2D eigenvalue weighted by atomic mass is 19.2. The number of amides is 1. The molecule has 0 spiro atoms. The van der Waals surface area contributed by atoms with Gasteiger partial charge in [0.1, 0.15) is 28.8 Å². The van der Waals surface area contributed by atoms with Crippen molar-refractivity contribution >= 4 is 11.7 Å². The predicted molar refractivity (Wildman–Crippen MR) is 106 cm³/mol. The molecule has 1 amide bonds. The molecule has 0 radical (unpaired) electrons. The molecule has 33 heavy (non-hydrogen) atoms. The Labute approximate surface area is 185 Å². The molecule has 11 heteroatoms. The molecule has 0 aliphatic rings. The lowest BCUT2D eigenvalue weighted by Crippen LogP contribution is -2.41. The summed E-state index contributed by atoms with van der Waals surface area (Å²) in [6.45, 7) is 4.60. The van der Waals surface area contributed by atoms with Gasteiger partial charge in [0.2, 0.25) is 5.82 Å². The number of hydrogen-bond donors (Lipinski definition) is 3. The molecule has 3 N–H and O–H groups in total. The number of alkyl carbamates (subject to hydrolysis) is 1. The van der Waals surface area contributed by atoms with Crippen molar-refractivity contribution in [3.8, 4) is 11.8 Å². The summed E-state index contributed by atoms with van der Waals surface area (Å²) in [5, 5.41) is 31.7. The van der Waals surface area contributed by atoms with E-state index in [1.807, 2.05) is 0 Å². The maximum Gasteiger partial charge on any atom is 0.408 e. The zero-order valence-corrected chi connectivity index (χ0v) is 17.6. The van der Waals surface area contributed by atoms with E-state index in [1.54, 1.807) is 0 Å². The first-order valence-corrected chi connectivity index (χ1v) is 9.39. The van der Waals surface area contributed by atoms with Gasteiger partial charge >= 0.3 is 6.09 Å². The maximum absolute atomic E-state index is 14.3. The molecule has 1 atom stereocenters. The van der Waals surface area contributed by atoms with Gasteiger partial charge in [-0.1, -0.05) is 12.1 Å². The van der Waals surface area contributed by atoms with Crippen molar-refractivity contribution in [3.05, 3.63) is 70.2 Å². The van der Waals surface area contributed by atoms with Crippen LogP contribution in [-0.2, 0) is 11.2 Å². The largest absolute Gasteiger partial charge is 0.509 e. The number of halogens is 5. The smallest absolute Gasteiger partial charge is 0.408 e. The van der Waals surface area contributed by atoms with E-state index in [-0.39, 0.29) is 12.2 Å². The molecule has 1 unspecified atom stereocenters. The van der Waals surface area contributed by atoms with E-state index < -0.39 is 63.7 Å². The number of carbonyl (C=O) groups is 1. The van der Waals surface area contributed by atoms with Gasteiger partial charge in [0, 0.05) is 6.42 Å². The molecule has 0 aliphatic heterocycles. The molecule has 6 nitrogen and oxygen atoms in total. The standard InChI is InChI=1S/C22H19F5N2O4/c1-22(2,3)33-21(32)29-13(8-10-4-6-11(30)7-5-10)20(31)12(9-28)14-15(23)17(25)19(27)18(26)16(14)24/h4-7,13,30-31H,8H2,1-3H3,(H,29,32)/b20-12-. The molecule has 0 aliphatic carbocycles. The number of benzene rings is 2. The zero-order valence-electron chi connectivity index (χ0n) is 17.6. The molecule has 2 rings (SSSR count). The van der Waals surface area contributed by atoms with E-state index in [0.717, 1.165) is 0 Å². The van der Waals surface area contributed by atoms with Gasteiger partial charge in [0.15, 0.2) is 23.3 Å². The molecule has 0 saturated carbocycles. The average molecular weight is 470 g/mol. The Morgan fingerprint density at radius 3 is 1.97 bits per heavy atom. The fourth-order valence-electron chi connectivity index (χ4n) is 2.77. The second-order valence-electron chi connectivity index (χ2n) is 7.89. The Morgan fingerprint density at radius 2 is 1.52 bits per heavy atom. The van der Waals surface area contributed by atoms with Gasteiger partial charge in [-0.05, 0) is 38.5 Å². The molecule has 0 bridgehead atoms. The van der Waals surface area contributed by atoms with Crippen molar-refractivity contribution in [2.45, 2.75) is 38.8 Å². The van der Waals surface area contributed by atoms with Crippen LogP contribution in [0.2, 0.25) is 0 Å². The third-order valence-electron chi connectivity index (χ3n) is 4.22. The van der Waals surface area contributed by atoms with Crippen LogP contribution in [0, 0.1) is 40.4 Å². The van der Waals surface area contributed by atoms with Crippen molar-refractivity contribution in [1.82, 2.24) is 5.32 Å². The number of allylic oxidation sites excluding steroid dienone is 1. The van der Waals surface area contributed by atoms with Crippen molar-refractivity contribution in [1.29, 1.82) is 5.26 Å². The van der Waals surface area contributed by atoms with Crippen LogP contribution in [0.4, 0.5) is 26.7 Å². The second kappa shape index (κ2) is 9.77. The Bertz CT molecular complexity index is 1110. The second-order valence-corrected chi connectivity index (χ2v) is 7.89. The first-order chi connectivity index (χ1) is 15.3. The third-order valence-corrected chi connectivity index (χ3v) is 4.22. The molecule has 0 saturated heterocycles. The summed E-state index contributed by atoms with van der Waals surface area (Å²) >= 11 is 0. The number of nitrogens with one attached hydrogen (secondary N) is 1. The third kappa shape index (κ3) is 5.91. The average Bonchev–Trinajstić information content (AvgIpc) is 2.73. The Kier molecular flexibility index (Phi) is 7.53. The number of rotatable bonds is 5. The number of aliphatic hydroxyl groups excluding tert-OH is 1. The highest BCUT2D eigenvalue weighted by Crippen LogP contribution is 2.31. The molecule has 0 aromatic heterocycles. The fourth-order valence-corrected chi connectivity index (χ4v) is 2.77. The van der Waals surface area contributed by atoms with Gasteiger partial charge < -0.3 is 20.3 Å². The number of aromatic hydroxyl groups is 1. The van der Waals surface area contributed by atoms with E-state index in [0.29, 0.717) is 5.56 Å². The number of phenolic OH excluding ortho intramolecular Hbond substituents is 1. The number of hydrogen-bond acceptors (Lipinski definition) is 5. The van der Waals surface area contributed by atoms with Gasteiger partial charge in [-0.2, -0.15) is 5.26 Å². The van der Waals surface area contributed by atoms with E-state index in [2.05, 4.69) is 5.32 Å². The molecular weight excluding hydrogens is 451 g/mol. The Balaban J connectivity index is 2.63. The first-order valence-electron chi connectivity index (χ1n) is 9.39. The van der Waals surface area contributed by atoms with E-state index in [1.165, 1.54) is 51.1 Å². The van der Waals surface area contributed by atoms with Crippen LogP contribution in [0.1, 0.15) is 31.9 Å². The van der Waals surface area contributed by atoms with Gasteiger partial charge in [-0.3, -0.25) is 0 Å². The van der Waals surface area contributed by atoms with Crippen LogP contribution < -0.4 is 5.32 Å². The minimum atomic E-state index is -2.43. The number of nitrogens with zero attached hydrogens (tertiary/aromatic N) is 1. The van der Waals surface area contributed by atoms with Crippen LogP contribution in [0.5, 0.6) is 5.75 Å². The van der Waals surface area contributed by atoms with Gasteiger partial charge in [-0.25, -0.2) is 26.7 Å². The number of ether oxygens (including phenoxy) is 1. The lowest BCUT2D eigenvalue weighted by atomic mass is 9.97. The Hall–Kier alpha value is -3.81. The van der Waals surface area contributed by atoms with Crippen LogP contribution >= 0.6 is 0 Å². The summed E-state index contributed by atoms with van der Waals surface area (Å²) in [5.74, 6) is -13.0. The monoisotopic (exact) mass is 470 g/mol. The number of aliphatic hydroxyl groups is 1. The maximum atomic E-state index is 14.3. The summed E-state index contributed by atoms with van der Waals surface area (Å²) in [7, 11) is 0. The minimum absolute atomic E-state index is 0.103. The highest BCUT2D eigenvalue weighted by Gasteiger charge is 2.32. The molecule has 2 aromatic rings. The van der Waals surface area contributed by atoms with Gasteiger partial charge in [0.05, 0.1) is 11.6 Å². The zero-order chi connectivity index (χ0) is 25.1. The summed E-state index contributed by atoms with van der Waals surface area (Å²) in [6, 6.07) is 4.98. The van der Waals surface area contributed by atoms with Gasteiger partial charge in [0.25, 0.3) is 0 Å². The first kappa shape index (κ1) is 25.5. The van der Waals surface area contributed by atoms with Crippen LogP contribution in [0.15, 0.2) is 30.0 Å². The Morgan fingerprint density at radius 1 is 1.03 bits per heavy atom.